The highest BCUT2D eigenvalue weighted by molar-refractivity contribution is 9.10. The van der Waals surface area contributed by atoms with Crippen molar-refractivity contribution in [2.45, 2.75) is 19.4 Å². The molecule has 0 unspecified atom stereocenters. The fourth-order valence-corrected chi connectivity index (χ4v) is 2.28. The molecule has 0 bridgehead atoms. The first kappa shape index (κ1) is 16.8. The number of aliphatic carboxylic acids is 1. The standard InChI is InChI=1S/C13H16BrClN2O3/c1-17(13(20)16-6-2-3-12(18)19)8-9-4-5-10(14)7-11(9)15/h4-5,7H,2-3,6,8H2,1H3,(H,16,20)(H,18,19). The number of amides is 2. The van der Waals surface area contributed by atoms with Crippen molar-refractivity contribution >= 4 is 39.5 Å². The molecule has 2 N–H and O–H groups in total. The van der Waals surface area contributed by atoms with Crippen LogP contribution in [0.1, 0.15) is 18.4 Å². The Morgan fingerprint density at radius 2 is 2.15 bits per heavy atom. The average Bonchev–Trinajstić information content (AvgIpc) is 2.37. The average molecular weight is 364 g/mol. The molecular formula is C13H16BrClN2O3. The normalized spacial score (nSPS) is 10.2. The maximum absolute atomic E-state index is 11.8. The number of benzene rings is 1. The van der Waals surface area contributed by atoms with E-state index in [0.717, 1.165) is 10.0 Å². The van der Waals surface area contributed by atoms with Gasteiger partial charge in [0.05, 0.1) is 0 Å². The Morgan fingerprint density at radius 1 is 1.45 bits per heavy atom. The monoisotopic (exact) mass is 362 g/mol. The molecule has 0 radical (unpaired) electrons. The molecular weight excluding hydrogens is 348 g/mol. The largest absolute Gasteiger partial charge is 0.481 e. The van der Waals surface area contributed by atoms with Crippen molar-refractivity contribution in [2.24, 2.45) is 0 Å². The quantitative estimate of drug-likeness (QED) is 0.763. The van der Waals surface area contributed by atoms with Gasteiger partial charge in [0.25, 0.3) is 0 Å². The zero-order chi connectivity index (χ0) is 15.1. The third kappa shape index (κ3) is 5.79. The minimum atomic E-state index is -0.866. The molecule has 2 amide bonds. The molecule has 1 aromatic rings. The maximum atomic E-state index is 11.8. The van der Waals surface area contributed by atoms with Gasteiger partial charge >= 0.3 is 12.0 Å². The summed E-state index contributed by atoms with van der Waals surface area (Å²) in [5.41, 5.74) is 0.845. The first-order valence-electron chi connectivity index (χ1n) is 6.05. The second kappa shape index (κ2) is 8.11. The molecule has 0 spiro atoms. The van der Waals surface area contributed by atoms with Crippen LogP contribution in [-0.2, 0) is 11.3 Å². The molecule has 0 fully saturated rings. The highest BCUT2D eigenvalue weighted by Gasteiger charge is 2.10. The minimum Gasteiger partial charge on any atom is -0.481 e. The van der Waals surface area contributed by atoms with Crippen molar-refractivity contribution in [3.63, 3.8) is 0 Å². The van der Waals surface area contributed by atoms with Crippen molar-refractivity contribution in [1.29, 1.82) is 0 Å². The van der Waals surface area contributed by atoms with Gasteiger partial charge < -0.3 is 15.3 Å². The molecule has 0 saturated heterocycles. The van der Waals surface area contributed by atoms with Gasteiger partial charge in [0, 0.05) is 36.1 Å². The Bertz CT molecular complexity index is 497. The third-order valence-corrected chi connectivity index (χ3v) is 3.46. The van der Waals surface area contributed by atoms with Crippen molar-refractivity contribution in [3.05, 3.63) is 33.3 Å². The molecule has 7 heteroatoms. The van der Waals surface area contributed by atoms with E-state index in [1.165, 1.54) is 4.90 Å². The Labute approximate surface area is 131 Å². The maximum Gasteiger partial charge on any atom is 0.317 e. The van der Waals surface area contributed by atoms with Crippen molar-refractivity contribution in [3.8, 4) is 0 Å². The smallest absolute Gasteiger partial charge is 0.317 e. The molecule has 5 nitrogen and oxygen atoms in total. The van der Waals surface area contributed by atoms with E-state index in [2.05, 4.69) is 21.2 Å². The van der Waals surface area contributed by atoms with Crippen molar-refractivity contribution < 1.29 is 14.7 Å². The summed E-state index contributed by atoms with van der Waals surface area (Å²) in [4.78, 5) is 23.6. The number of urea groups is 1. The lowest BCUT2D eigenvalue weighted by Gasteiger charge is -2.18. The molecule has 0 aliphatic carbocycles. The van der Waals surface area contributed by atoms with Gasteiger partial charge in [0.2, 0.25) is 0 Å². The lowest BCUT2D eigenvalue weighted by atomic mass is 10.2. The highest BCUT2D eigenvalue weighted by atomic mass is 79.9. The molecule has 1 aromatic carbocycles. The molecule has 20 heavy (non-hydrogen) atoms. The predicted molar refractivity (Wildman–Crippen MR) is 80.9 cm³/mol. The van der Waals surface area contributed by atoms with Gasteiger partial charge in [0.1, 0.15) is 0 Å². The van der Waals surface area contributed by atoms with Gasteiger partial charge in [-0.3, -0.25) is 4.79 Å². The molecule has 110 valence electrons. The van der Waals surface area contributed by atoms with E-state index in [1.54, 1.807) is 13.1 Å². The summed E-state index contributed by atoms with van der Waals surface area (Å²) >= 11 is 9.41. The number of hydrogen-bond donors (Lipinski definition) is 2. The number of nitrogens with one attached hydrogen (secondary N) is 1. The van der Waals surface area contributed by atoms with Gasteiger partial charge in [-0.1, -0.05) is 33.6 Å². The summed E-state index contributed by atoms with van der Waals surface area (Å²) in [5.74, 6) is -0.866. The number of halogens is 2. The van der Waals surface area contributed by atoms with Crippen LogP contribution in [0.25, 0.3) is 0 Å². The van der Waals surface area contributed by atoms with Gasteiger partial charge in [-0.2, -0.15) is 0 Å². The van der Waals surface area contributed by atoms with Crippen LogP contribution in [0.3, 0.4) is 0 Å². The van der Waals surface area contributed by atoms with E-state index in [1.807, 2.05) is 12.1 Å². The molecule has 1 rings (SSSR count). The van der Waals surface area contributed by atoms with E-state index in [9.17, 15) is 9.59 Å². The van der Waals surface area contributed by atoms with E-state index >= 15 is 0 Å². The van der Waals surface area contributed by atoms with E-state index in [0.29, 0.717) is 24.5 Å². The minimum absolute atomic E-state index is 0.0442. The lowest BCUT2D eigenvalue weighted by Crippen LogP contribution is -2.37. The van der Waals surface area contributed by atoms with Crippen molar-refractivity contribution in [1.82, 2.24) is 10.2 Å². The molecule has 0 saturated carbocycles. The van der Waals surface area contributed by atoms with Crippen LogP contribution >= 0.6 is 27.5 Å². The summed E-state index contributed by atoms with van der Waals surface area (Å²) in [7, 11) is 1.66. The second-order valence-corrected chi connectivity index (χ2v) is 5.64. The van der Waals surface area contributed by atoms with E-state index in [-0.39, 0.29) is 12.5 Å². The number of carbonyl (C=O) groups excluding carboxylic acids is 1. The number of rotatable bonds is 6. The van der Waals surface area contributed by atoms with Gasteiger partial charge in [-0.25, -0.2) is 4.79 Å². The fourth-order valence-electron chi connectivity index (χ4n) is 1.55. The summed E-state index contributed by atoms with van der Waals surface area (Å²) < 4.78 is 0.882. The van der Waals surface area contributed by atoms with Crippen LogP contribution in [0.2, 0.25) is 5.02 Å². The Hall–Kier alpha value is -1.27. The first-order chi connectivity index (χ1) is 9.40. The number of carboxylic acid groups (broad SMARTS) is 1. The second-order valence-electron chi connectivity index (χ2n) is 4.32. The molecule has 0 heterocycles. The van der Waals surface area contributed by atoms with Crippen LogP contribution in [0.4, 0.5) is 4.79 Å². The summed E-state index contributed by atoms with van der Waals surface area (Å²) in [6.07, 6.45) is 0.455. The highest BCUT2D eigenvalue weighted by Crippen LogP contribution is 2.22. The first-order valence-corrected chi connectivity index (χ1v) is 7.22. The van der Waals surface area contributed by atoms with Crippen LogP contribution < -0.4 is 5.32 Å². The summed E-state index contributed by atoms with van der Waals surface area (Å²) in [6.45, 7) is 0.723. The van der Waals surface area contributed by atoms with E-state index in [4.69, 9.17) is 16.7 Å². The van der Waals surface area contributed by atoms with Gasteiger partial charge in [-0.05, 0) is 24.1 Å². The third-order valence-electron chi connectivity index (χ3n) is 2.61. The molecule has 0 aliphatic rings. The Kier molecular flexibility index (Phi) is 6.81. The van der Waals surface area contributed by atoms with Gasteiger partial charge in [0.15, 0.2) is 0 Å². The SMILES string of the molecule is CN(Cc1ccc(Br)cc1Cl)C(=O)NCCCC(=O)O. The zero-order valence-electron chi connectivity index (χ0n) is 11.0. The Balaban J connectivity index is 2.43. The zero-order valence-corrected chi connectivity index (χ0v) is 13.4. The topological polar surface area (TPSA) is 69.6 Å². The number of nitrogens with zero attached hydrogens (tertiary/aromatic N) is 1. The molecule has 0 atom stereocenters. The predicted octanol–water partition coefficient (Wildman–Crippen LogP) is 3.11. The summed E-state index contributed by atoms with van der Waals surface area (Å²) in [6, 6.07) is 5.23. The lowest BCUT2D eigenvalue weighted by molar-refractivity contribution is -0.137. The Morgan fingerprint density at radius 3 is 2.75 bits per heavy atom. The summed E-state index contributed by atoms with van der Waals surface area (Å²) in [5, 5.41) is 11.7. The van der Waals surface area contributed by atoms with E-state index < -0.39 is 5.97 Å². The van der Waals surface area contributed by atoms with Crippen LogP contribution in [0.15, 0.2) is 22.7 Å². The van der Waals surface area contributed by atoms with Crippen molar-refractivity contribution in [2.75, 3.05) is 13.6 Å². The van der Waals surface area contributed by atoms with Crippen LogP contribution in [0, 0.1) is 0 Å². The fraction of sp³-hybridized carbons (Fsp3) is 0.385. The number of carbonyl (C=O) groups is 2. The molecule has 0 aromatic heterocycles. The molecule has 0 aliphatic heterocycles. The van der Waals surface area contributed by atoms with Gasteiger partial charge in [-0.15, -0.1) is 0 Å². The van der Waals surface area contributed by atoms with Crippen LogP contribution in [-0.4, -0.2) is 35.6 Å². The van der Waals surface area contributed by atoms with Crippen LogP contribution in [0.5, 0.6) is 0 Å². The number of hydrogen-bond acceptors (Lipinski definition) is 2. The number of carboxylic acids is 1.